The van der Waals surface area contributed by atoms with E-state index in [4.69, 9.17) is 5.11 Å². The number of carboxylic acids is 1. The van der Waals surface area contributed by atoms with Crippen LogP contribution in [0.3, 0.4) is 0 Å². The van der Waals surface area contributed by atoms with Crippen molar-refractivity contribution >= 4 is 17.7 Å². The third kappa shape index (κ3) is 3.60. The van der Waals surface area contributed by atoms with Crippen molar-refractivity contribution in [2.24, 2.45) is 0 Å². The minimum Gasteiger partial charge on any atom is -0.481 e. The molecule has 0 heterocycles. The third-order valence-corrected chi connectivity index (χ3v) is 1.71. The average molecular weight is 207 g/mol. The highest BCUT2D eigenvalue weighted by atomic mass is 16.6. The normalized spacial score (nSPS) is 10.4. The molecule has 1 aromatic carbocycles. The summed E-state index contributed by atoms with van der Waals surface area (Å²) in [5.41, 5.74) is 0.757. The summed E-state index contributed by atoms with van der Waals surface area (Å²) in [5.74, 6) is -0.909. The van der Waals surface area contributed by atoms with Gasteiger partial charge in [-0.25, -0.2) is 0 Å². The molecule has 0 spiro atoms. The Bertz CT molecular complexity index is 394. The van der Waals surface area contributed by atoms with E-state index < -0.39 is 10.9 Å². The molecule has 0 bridgehead atoms. The molecule has 0 fully saturated rings. The van der Waals surface area contributed by atoms with E-state index in [0.717, 1.165) is 5.56 Å². The number of carboxylic acid groups (broad SMARTS) is 1. The van der Waals surface area contributed by atoms with Gasteiger partial charge in [0, 0.05) is 12.1 Å². The van der Waals surface area contributed by atoms with E-state index in [2.05, 4.69) is 0 Å². The number of hydrogen-bond acceptors (Lipinski definition) is 3. The zero-order chi connectivity index (χ0) is 11.3. The van der Waals surface area contributed by atoms with Crippen molar-refractivity contribution in [3.8, 4) is 0 Å². The van der Waals surface area contributed by atoms with Crippen LogP contribution in [0.2, 0.25) is 0 Å². The molecule has 0 unspecified atom stereocenters. The van der Waals surface area contributed by atoms with Crippen LogP contribution in [-0.4, -0.2) is 16.0 Å². The largest absolute Gasteiger partial charge is 0.481 e. The van der Waals surface area contributed by atoms with Gasteiger partial charge in [0.25, 0.3) is 5.69 Å². The molecule has 0 aliphatic heterocycles. The van der Waals surface area contributed by atoms with E-state index in [1.165, 1.54) is 18.2 Å². The van der Waals surface area contributed by atoms with Crippen LogP contribution in [0.4, 0.5) is 5.69 Å². The van der Waals surface area contributed by atoms with Crippen LogP contribution in [0.15, 0.2) is 30.3 Å². The van der Waals surface area contributed by atoms with Crippen molar-refractivity contribution in [1.82, 2.24) is 0 Å². The molecule has 0 amide bonds. The van der Waals surface area contributed by atoms with Gasteiger partial charge in [-0.05, 0) is 17.7 Å². The Morgan fingerprint density at radius 1 is 1.40 bits per heavy atom. The van der Waals surface area contributed by atoms with Crippen LogP contribution in [0.5, 0.6) is 0 Å². The summed E-state index contributed by atoms with van der Waals surface area (Å²) in [7, 11) is 0. The van der Waals surface area contributed by atoms with E-state index in [-0.39, 0.29) is 12.1 Å². The summed E-state index contributed by atoms with van der Waals surface area (Å²) < 4.78 is 0. The van der Waals surface area contributed by atoms with E-state index in [9.17, 15) is 14.9 Å². The molecular weight excluding hydrogens is 198 g/mol. The van der Waals surface area contributed by atoms with E-state index >= 15 is 0 Å². The van der Waals surface area contributed by atoms with E-state index in [0.29, 0.717) is 0 Å². The van der Waals surface area contributed by atoms with Crippen molar-refractivity contribution in [3.63, 3.8) is 0 Å². The zero-order valence-corrected chi connectivity index (χ0v) is 7.79. The van der Waals surface area contributed by atoms with Gasteiger partial charge in [-0.3, -0.25) is 14.9 Å². The highest BCUT2D eigenvalue weighted by Crippen LogP contribution is 2.12. The lowest BCUT2D eigenvalue weighted by atomic mass is 10.2. The maximum absolute atomic E-state index is 10.3. The number of rotatable bonds is 4. The number of nitrogens with zero attached hydrogens (tertiary/aromatic N) is 1. The average Bonchev–Trinajstić information content (AvgIpc) is 2.18. The van der Waals surface area contributed by atoms with Gasteiger partial charge in [-0.15, -0.1) is 0 Å². The Hall–Kier alpha value is -2.17. The first kappa shape index (κ1) is 10.9. The lowest BCUT2D eigenvalue weighted by Gasteiger charge is -1.93. The van der Waals surface area contributed by atoms with Crippen LogP contribution in [0.25, 0.3) is 6.08 Å². The summed E-state index contributed by atoms with van der Waals surface area (Å²) in [6, 6.07) is 5.88. The fourth-order valence-electron chi connectivity index (χ4n) is 1.00. The third-order valence-electron chi connectivity index (χ3n) is 1.71. The van der Waals surface area contributed by atoms with Gasteiger partial charge in [-0.2, -0.15) is 0 Å². The lowest BCUT2D eigenvalue weighted by Crippen LogP contribution is -1.89. The molecule has 0 aliphatic carbocycles. The molecule has 0 atom stereocenters. The second-order valence-electron chi connectivity index (χ2n) is 2.85. The van der Waals surface area contributed by atoms with Crippen molar-refractivity contribution in [2.45, 2.75) is 6.42 Å². The van der Waals surface area contributed by atoms with Gasteiger partial charge in [-0.1, -0.05) is 12.2 Å². The first-order chi connectivity index (χ1) is 7.09. The summed E-state index contributed by atoms with van der Waals surface area (Å²) >= 11 is 0. The number of nitro benzene ring substituents is 1. The minimum absolute atomic E-state index is 0.0189. The Balaban J connectivity index is 2.68. The minimum atomic E-state index is -0.909. The topological polar surface area (TPSA) is 80.4 Å². The van der Waals surface area contributed by atoms with Gasteiger partial charge in [0.15, 0.2) is 0 Å². The first-order valence-corrected chi connectivity index (χ1v) is 4.22. The number of nitro groups is 1. The van der Waals surface area contributed by atoms with Gasteiger partial charge >= 0.3 is 5.97 Å². The van der Waals surface area contributed by atoms with Gasteiger partial charge in [0.2, 0.25) is 0 Å². The molecule has 5 heteroatoms. The number of aliphatic carboxylic acids is 1. The number of benzene rings is 1. The van der Waals surface area contributed by atoms with E-state index in [1.54, 1.807) is 18.2 Å². The Morgan fingerprint density at radius 3 is 2.47 bits per heavy atom. The number of carbonyl (C=O) groups is 1. The fraction of sp³-hybridized carbons (Fsp3) is 0.100. The second kappa shape index (κ2) is 4.90. The van der Waals surface area contributed by atoms with E-state index in [1.807, 2.05) is 0 Å². The summed E-state index contributed by atoms with van der Waals surface area (Å²) in [4.78, 5) is 20.0. The quantitative estimate of drug-likeness (QED) is 0.605. The standard InChI is InChI=1S/C10H9NO4/c12-10(13)3-1-2-8-4-6-9(7-5-8)11(14)15/h1-2,4-7H,3H2,(H,12,13). The first-order valence-electron chi connectivity index (χ1n) is 4.22. The van der Waals surface area contributed by atoms with Gasteiger partial charge in [0.05, 0.1) is 11.3 Å². The summed E-state index contributed by atoms with van der Waals surface area (Å²) in [6.45, 7) is 0. The van der Waals surface area contributed by atoms with Crippen molar-refractivity contribution in [2.75, 3.05) is 0 Å². The molecule has 5 nitrogen and oxygen atoms in total. The highest BCUT2D eigenvalue weighted by molar-refractivity contribution is 5.70. The maximum Gasteiger partial charge on any atom is 0.307 e. The maximum atomic E-state index is 10.3. The van der Waals surface area contributed by atoms with Crippen molar-refractivity contribution in [1.29, 1.82) is 0 Å². The monoisotopic (exact) mass is 207 g/mol. The Morgan fingerprint density at radius 2 is 2.00 bits per heavy atom. The van der Waals surface area contributed by atoms with Crippen LogP contribution < -0.4 is 0 Å². The Kier molecular flexibility index (Phi) is 3.56. The highest BCUT2D eigenvalue weighted by Gasteiger charge is 2.01. The summed E-state index contributed by atoms with van der Waals surface area (Å²) in [6.07, 6.45) is 3.04. The molecule has 1 aromatic rings. The molecule has 0 radical (unpaired) electrons. The van der Waals surface area contributed by atoms with Gasteiger partial charge < -0.3 is 5.11 Å². The lowest BCUT2D eigenvalue weighted by molar-refractivity contribution is -0.384. The van der Waals surface area contributed by atoms with Gasteiger partial charge in [0.1, 0.15) is 0 Å². The van der Waals surface area contributed by atoms with Crippen LogP contribution in [0.1, 0.15) is 12.0 Å². The molecule has 0 aliphatic rings. The SMILES string of the molecule is O=C(O)CC=Cc1ccc([N+](=O)[O-])cc1. The molecule has 0 aromatic heterocycles. The molecule has 78 valence electrons. The predicted molar refractivity (Wildman–Crippen MR) is 54.4 cm³/mol. The van der Waals surface area contributed by atoms with Crippen LogP contribution in [0, 0.1) is 10.1 Å². The zero-order valence-electron chi connectivity index (χ0n) is 7.79. The van der Waals surface area contributed by atoms with Crippen molar-refractivity contribution < 1.29 is 14.8 Å². The number of hydrogen-bond donors (Lipinski definition) is 1. The number of non-ortho nitro benzene ring substituents is 1. The van der Waals surface area contributed by atoms with Crippen molar-refractivity contribution in [3.05, 3.63) is 46.0 Å². The molecule has 1 rings (SSSR count). The molecule has 0 saturated carbocycles. The van der Waals surface area contributed by atoms with Crippen LogP contribution >= 0.6 is 0 Å². The molecule has 15 heavy (non-hydrogen) atoms. The predicted octanol–water partition coefficient (Wildman–Crippen LogP) is 2.08. The molecule has 0 saturated heterocycles. The summed E-state index contributed by atoms with van der Waals surface area (Å²) in [5, 5.41) is 18.7. The molecule has 1 N–H and O–H groups in total. The Labute approximate surface area is 85.8 Å². The fourth-order valence-corrected chi connectivity index (χ4v) is 1.00. The second-order valence-corrected chi connectivity index (χ2v) is 2.85. The van der Waals surface area contributed by atoms with Crippen LogP contribution in [-0.2, 0) is 4.79 Å². The smallest absolute Gasteiger partial charge is 0.307 e. The molecular formula is C10H9NO4.